The highest BCUT2D eigenvalue weighted by Gasteiger charge is 2.54. The number of nitrogens with one attached hydrogen (secondary N) is 1. The van der Waals surface area contributed by atoms with E-state index in [1.807, 2.05) is 6.07 Å². The predicted molar refractivity (Wildman–Crippen MR) is 68.0 cm³/mol. The molecule has 4 heteroatoms. The number of halogens is 1. The summed E-state index contributed by atoms with van der Waals surface area (Å²) < 4.78 is 0. The Morgan fingerprint density at radius 3 is 2.83 bits per heavy atom. The molecule has 3 rings (SSSR count). The molecule has 2 amide bonds. The van der Waals surface area contributed by atoms with Gasteiger partial charge in [0.2, 0.25) is 11.8 Å². The predicted octanol–water partition coefficient (Wildman–Crippen LogP) is 1.98. The van der Waals surface area contributed by atoms with E-state index in [1.54, 1.807) is 42.5 Å². The summed E-state index contributed by atoms with van der Waals surface area (Å²) in [6, 6.07) is 7.08. The summed E-state index contributed by atoms with van der Waals surface area (Å²) >= 11 is 5.98. The SMILES string of the molecule is O=C1NC(=O)C2(c3cccc(Cl)c3)C=CC=CC12. The van der Waals surface area contributed by atoms with Gasteiger partial charge in [0.1, 0.15) is 5.41 Å². The standard InChI is InChI=1S/C14H10ClNO2/c15-10-5-3-4-9(8-10)14-7-2-1-6-11(14)12(17)16-13(14)18/h1-8,11H,(H,16,17,18). The number of hydrogen-bond donors (Lipinski definition) is 1. The Balaban J connectivity index is 2.22. The number of carbonyl (C=O) groups excluding carboxylic acids is 2. The number of amides is 2. The number of imide groups is 1. The molecule has 0 aromatic heterocycles. The van der Waals surface area contributed by atoms with Crippen LogP contribution in [0.25, 0.3) is 0 Å². The van der Waals surface area contributed by atoms with E-state index in [0.29, 0.717) is 5.02 Å². The van der Waals surface area contributed by atoms with Crippen molar-refractivity contribution in [3.63, 3.8) is 0 Å². The summed E-state index contributed by atoms with van der Waals surface area (Å²) in [5.41, 5.74) is -0.208. The molecule has 0 saturated carbocycles. The molecular formula is C14H10ClNO2. The van der Waals surface area contributed by atoms with Crippen LogP contribution >= 0.6 is 11.6 Å². The summed E-state index contributed by atoms with van der Waals surface area (Å²) in [7, 11) is 0. The Morgan fingerprint density at radius 1 is 1.22 bits per heavy atom. The fourth-order valence-corrected chi connectivity index (χ4v) is 2.79. The van der Waals surface area contributed by atoms with Gasteiger partial charge in [-0.25, -0.2) is 0 Å². The summed E-state index contributed by atoms with van der Waals surface area (Å²) in [5, 5.41) is 2.95. The molecule has 0 radical (unpaired) electrons. The Bertz CT molecular complexity index is 606. The smallest absolute Gasteiger partial charge is 0.242 e. The second-order valence-corrected chi connectivity index (χ2v) is 4.86. The Labute approximate surface area is 109 Å². The first-order valence-electron chi connectivity index (χ1n) is 5.62. The lowest BCUT2D eigenvalue weighted by Gasteiger charge is -2.28. The number of hydrogen-bond acceptors (Lipinski definition) is 2. The van der Waals surface area contributed by atoms with Gasteiger partial charge in [-0.3, -0.25) is 14.9 Å². The third kappa shape index (κ3) is 1.37. The zero-order valence-corrected chi connectivity index (χ0v) is 10.1. The lowest BCUT2D eigenvalue weighted by molar-refractivity contribution is -0.126. The second kappa shape index (κ2) is 3.82. The van der Waals surface area contributed by atoms with E-state index in [9.17, 15) is 9.59 Å². The van der Waals surface area contributed by atoms with Gasteiger partial charge in [0.25, 0.3) is 0 Å². The molecule has 1 heterocycles. The number of benzene rings is 1. The van der Waals surface area contributed by atoms with Gasteiger partial charge in [0.15, 0.2) is 0 Å². The van der Waals surface area contributed by atoms with E-state index in [0.717, 1.165) is 5.56 Å². The summed E-state index contributed by atoms with van der Waals surface area (Å²) in [6.45, 7) is 0. The summed E-state index contributed by atoms with van der Waals surface area (Å²) in [6.07, 6.45) is 7.09. The number of fused-ring (bicyclic) bond motifs is 1. The van der Waals surface area contributed by atoms with E-state index in [1.165, 1.54) is 0 Å². The topological polar surface area (TPSA) is 46.2 Å². The van der Waals surface area contributed by atoms with Crippen LogP contribution in [0.15, 0.2) is 48.6 Å². The van der Waals surface area contributed by atoms with Crippen molar-refractivity contribution >= 4 is 23.4 Å². The Kier molecular flexibility index (Phi) is 2.38. The first-order valence-corrected chi connectivity index (χ1v) is 6.00. The minimum atomic E-state index is -0.948. The molecule has 1 N–H and O–H groups in total. The zero-order valence-electron chi connectivity index (χ0n) is 9.39. The fourth-order valence-electron chi connectivity index (χ4n) is 2.59. The third-order valence-corrected chi connectivity index (χ3v) is 3.70. The van der Waals surface area contributed by atoms with Gasteiger partial charge in [-0.15, -0.1) is 0 Å². The maximum atomic E-state index is 12.2. The van der Waals surface area contributed by atoms with Crippen LogP contribution < -0.4 is 5.32 Å². The van der Waals surface area contributed by atoms with Crippen molar-refractivity contribution < 1.29 is 9.59 Å². The van der Waals surface area contributed by atoms with Crippen molar-refractivity contribution in [3.8, 4) is 0 Å². The number of carbonyl (C=O) groups is 2. The molecule has 1 aromatic carbocycles. The van der Waals surface area contributed by atoms with Crippen molar-refractivity contribution in [2.75, 3.05) is 0 Å². The van der Waals surface area contributed by atoms with Crippen molar-refractivity contribution in [2.24, 2.45) is 5.92 Å². The highest BCUT2D eigenvalue weighted by atomic mass is 35.5. The van der Waals surface area contributed by atoms with Gasteiger partial charge in [0, 0.05) is 5.02 Å². The van der Waals surface area contributed by atoms with Crippen LogP contribution in [-0.4, -0.2) is 11.8 Å². The molecule has 2 atom stereocenters. The highest BCUT2D eigenvalue weighted by molar-refractivity contribution is 6.30. The molecule has 1 fully saturated rings. The van der Waals surface area contributed by atoms with Crippen molar-refractivity contribution in [2.45, 2.75) is 5.41 Å². The van der Waals surface area contributed by atoms with Crippen molar-refractivity contribution in [1.29, 1.82) is 0 Å². The van der Waals surface area contributed by atoms with Gasteiger partial charge < -0.3 is 0 Å². The molecule has 1 aliphatic heterocycles. The molecule has 0 spiro atoms. The van der Waals surface area contributed by atoms with Crippen LogP contribution in [0.2, 0.25) is 5.02 Å². The molecule has 3 nitrogen and oxygen atoms in total. The first kappa shape index (κ1) is 11.2. The van der Waals surface area contributed by atoms with E-state index >= 15 is 0 Å². The van der Waals surface area contributed by atoms with Gasteiger partial charge in [0.05, 0.1) is 5.92 Å². The van der Waals surface area contributed by atoms with Crippen LogP contribution in [-0.2, 0) is 15.0 Å². The summed E-state index contributed by atoms with van der Waals surface area (Å²) in [5.74, 6) is -1.05. The summed E-state index contributed by atoms with van der Waals surface area (Å²) in [4.78, 5) is 24.0. The third-order valence-electron chi connectivity index (χ3n) is 3.46. The average molecular weight is 260 g/mol. The molecule has 1 saturated heterocycles. The molecule has 0 bridgehead atoms. The maximum absolute atomic E-state index is 12.2. The highest BCUT2D eigenvalue weighted by Crippen LogP contribution is 2.42. The molecular weight excluding hydrogens is 250 g/mol. The van der Waals surface area contributed by atoms with Crippen LogP contribution in [0.4, 0.5) is 0 Å². The lowest BCUT2D eigenvalue weighted by Crippen LogP contribution is -2.38. The molecule has 90 valence electrons. The normalized spacial score (nSPS) is 29.3. The zero-order chi connectivity index (χ0) is 12.8. The number of allylic oxidation sites excluding steroid dienone is 2. The Hall–Kier alpha value is -1.87. The first-order chi connectivity index (χ1) is 8.64. The number of rotatable bonds is 1. The van der Waals surface area contributed by atoms with Crippen LogP contribution in [0, 0.1) is 5.92 Å². The average Bonchev–Trinajstić information content (AvgIpc) is 2.63. The molecule has 18 heavy (non-hydrogen) atoms. The van der Waals surface area contributed by atoms with Gasteiger partial charge in [-0.2, -0.15) is 0 Å². The van der Waals surface area contributed by atoms with Gasteiger partial charge in [-0.05, 0) is 17.7 Å². The minimum Gasteiger partial charge on any atom is -0.295 e. The van der Waals surface area contributed by atoms with E-state index < -0.39 is 11.3 Å². The van der Waals surface area contributed by atoms with Crippen LogP contribution in [0.5, 0.6) is 0 Å². The molecule has 2 aliphatic rings. The van der Waals surface area contributed by atoms with E-state index in [2.05, 4.69) is 5.32 Å². The Morgan fingerprint density at radius 2 is 2.06 bits per heavy atom. The van der Waals surface area contributed by atoms with E-state index in [-0.39, 0.29) is 11.8 Å². The minimum absolute atomic E-state index is 0.263. The molecule has 2 unspecified atom stereocenters. The van der Waals surface area contributed by atoms with Crippen molar-refractivity contribution in [1.82, 2.24) is 5.32 Å². The lowest BCUT2D eigenvalue weighted by atomic mass is 9.69. The van der Waals surface area contributed by atoms with Crippen LogP contribution in [0.3, 0.4) is 0 Å². The molecule has 1 aromatic rings. The van der Waals surface area contributed by atoms with E-state index in [4.69, 9.17) is 11.6 Å². The monoisotopic (exact) mass is 259 g/mol. The van der Waals surface area contributed by atoms with Gasteiger partial charge in [-0.1, -0.05) is 48.0 Å². The maximum Gasteiger partial charge on any atom is 0.242 e. The largest absolute Gasteiger partial charge is 0.295 e. The quantitative estimate of drug-likeness (QED) is 0.784. The van der Waals surface area contributed by atoms with Crippen molar-refractivity contribution in [3.05, 3.63) is 59.2 Å². The fraction of sp³-hybridized carbons (Fsp3) is 0.143. The second-order valence-electron chi connectivity index (χ2n) is 4.42. The van der Waals surface area contributed by atoms with Crippen LogP contribution in [0.1, 0.15) is 5.56 Å². The molecule has 1 aliphatic carbocycles. The van der Waals surface area contributed by atoms with Gasteiger partial charge >= 0.3 is 0 Å².